The lowest BCUT2D eigenvalue weighted by molar-refractivity contribution is -0.122. The monoisotopic (exact) mass is 398 g/mol. The lowest BCUT2D eigenvalue weighted by Gasteiger charge is -2.19. The molecule has 1 fully saturated rings. The molecule has 8 nitrogen and oxygen atoms in total. The Morgan fingerprint density at radius 2 is 1.62 bits per heavy atom. The largest absolute Gasteiger partial charge is 0.497 e. The van der Waals surface area contributed by atoms with Crippen LogP contribution < -0.4 is 29.6 Å². The molecule has 4 rings (SSSR count). The van der Waals surface area contributed by atoms with Crippen molar-refractivity contribution in [1.29, 1.82) is 0 Å². The first-order valence-electron chi connectivity index (χ1n) is 9.32. The van der Waals surface area contributed by atoms with Crippen LogP contribution in [-0.4, -0.2) is 39.2 Å². The average molecular weight is 398 g/mol. The summed E-state index contributed by atoms with van der Waals surface area (Å²) >= 11 is 0. The van der Waals surface area contributed by atoms with Gasteiger partial charge in [-0.05, 0) is 30.7 Å². The zero-order chi connectivity index (χ0) is 20.4. The van der Waals surface area contributed by atoms with Crippen molar-refractivity contribution < 1.29 is 28.5 Å². The van der Waals surface area contributed by atoms with E-state index in [1.54, 1.807) is 43.5 Å². The summed E-state index contributed by atoms with van der Waals surface area (Å²) in [4.78, 5) is 25.1. The Kier molecular flexibility index (Phi) is 5.16. The molecule has 1 heterocycles. The standard InChI is InChI=1S/C21H22N2O6/c1-26-13-4-6-17(27-2)16(10-13)23-21(25)15-11-14(15)20(24)22-12-3-5-18-19(9-12)29-8-7-28-18/h3-6,9-10,14-15H,7-8,11H2,1-2H3,(H,22,24)(H,23,25). The second-order valence-electron chi connectivity index (χ2n) is 6.85. The molecule has 152 valence electrons. The van der Waals surface area contributed by atoms with Gasteiger partial charge in [0.25, 0.3) is 0 Å². The molecule has 8 heteroatoms. The molecule has 2 amide bonds. The summed E-state index contributed by atoms with van der Waals surface area (Å²) in [5, 5.41) is 5.67. The quantitative estimate of drug-likeness (QED) is 0.777. The van der Waals surface area contributed by atoms with Gasteiger partial charge in [-0.3, -0.25) is 9.59 Å². The van der Waals surface area contributed by atoms with Gasteiger partial charge in [-0.25, -0.2) is 0 Å². The second kappa shape index (κ2) is 7.90. The van der Waals surface area contributed by atoms with Crippen LogP contribution in [0.15, 0.2) is 36.4 Å². The van der Waals surface area contributed by atoms with Crippen molar-refractivity contribution in [2.45, 2.75) is 6.42 Å². The van der Waals surface area contributed by atoms with Crippen LogP contribution in [0.4, 0.5) is 11.4 Å². The molecule has 1 aliphatic heterocycles. The number of fused-ring (bicyclic) bond motifs is 1. The topological polar surface area (TPSA) is 95.1 Å². The average Bonchev–Trinajstić information content (AvgIpc) is 3.55. The highest BCUT2D eigenvalue weighted by Gasteiger charge is 2.48. The smallest absolute Gasteiger partial charge is 0.228 e. The van der Waals surface area contributed by atoms with E-state index in [0.29, 0.717) is 54.0 Å². The molecule has 0 bridgehead atoms. The number of hydrogen-bond donors (Lipinski definition) is 2. The first-order valence-corrected chi connectivity index (χ1v) is 9.32. The van der Waals surface area contributed by atoms with Crippen molar-refractivity contribution in [3.63, 3.8) is 0 Å². The van der Waals surface area contributed by atoms with E-state index in [-0.39, 0.29) is 23.7 Å². The Balaban J connectivity index is 1.37. The van der Waals surface area contributed by atoms with E-state index in [2.05, 4.69) is 10.6 Å². The van der Waals surface area contributed by atoms with E-state index in [0.717, 1.165) is 0 Å². The van der Waals surface area contributed by atoms with Crippen LogP contribution in [-0.2, 0) is 9.59 Å². The fraction of sp³-hybridized carbons (Fsp3) is 0.333. The third-order valence-corrected chi connectivity index (χ3v) is 4.94. The highest BCUT2D eigenvalue weighted by molar-refractivity contribution is 6.03. The summed E-state index contributed by atoms with van der Waals surface area (Å²) < 4.78 is 21.5. The van der Waals surface area contributed by atoms with Gasteiger partial charge in [0.05, 0.1) is 31.7 Å². The number of carbonyl (C=O) groups is 2. The van der Waals surface area contributed by atoms with Gasteiger partial charge in [0.15, 0.2) is 11.5 Å². The minimum atomic E-state index is -0.386. The summed E-state index contributed by atoms with van der Waals surface area (Å²) in [5.74, 6) is 1.21. The maximum absolute atomic E-state index is 12.6. The molecule has 0 spiro atoms. The van der Waals surface area contributed by atoms with Crippen LogP contribution in [0.5, 0.6) is 23.0 Å². The first kappa shape index (κ1) is 18.9. The van der Waals surface area contributed by atoms with E-state index in [9.17, 15) is 9.59 Å². The molecule has 1 saturated carbocycles. The van der Waals surface area contributed by atoms with Crippen molar-refractivity contribution >= 4 is 23.2 Å². The third-order valence-electron chi connectivity index (χ3n) is 4.94. The van der Waals surface area contributed by atoms with Gasteiger partial charge < -0.3 is 29.6 Å². The lowest BCUT2D eigenvalue weighted by Crippen LogP contribution is -2.21. The molecule has 2 aromatic carbocycles. The molecule has 2 unspecified atom stereocenters. The minimum Gasteiger partial charge on any atom is -0.497 e. The molecule has 0 saturated heterocycles. The van der Waals surface area contributed by atoms with Crippen LogP contribution in [0.2, 0.25) is 0 Å². The summed E-state index contributed by atoms with van der Waals surface area (Å²) in [7, 11) is 3.07. The fourth-order valence-electron chi connectivity index (χ4n) is 3.27. The number of anilines is 2. The molecule has 2 aliphatic rings. The van der Waals surface area contributed by atoms with Gasteiger partial charge in [-0.1, -0.05) is 0 Å². The number of benzene rings is 2. The van der Waals surface area contributed by atoms with Gasteiger partial charge in [-0.15, -0.1) is 0 Å². The molecule has 0 radical (unpaired) electrons. The molecular formula is C21H22N2O6. The summed E-state index contributed by atoms with van der Waals surface area (Å²) in [6.07, 6.45) is 0.495. The number of amides is 2. The van der Waals surface area contributed by atoms with Crippen LogP contribution in [0.3, 0.4) is 0 Å². The minimum absolute atomic E-state index is 0.195. The van der Waals surface area contributed by atoms with Crippen LogP contribution >= 0.6 is 0 Å². The fourth-order valence-corrected chi connectivity index (χ4v) is 3.27. The molecule has 2 atom stereocenters. The van der Waals surface area contributed by atoms with Crippen LogP contribution in [0.25, 0.3) is 0 Å². The van der Waals surface area contributed by atoms with Crippen molar-refractivity contribution in [3.8, 4) is 23.0 Å². The molecule has 0 aromatic heterocycles. The second-order valence-corrected chi connectivity index (χ2v) is 6.85. The highest BCUT2D eigenvalue weighted by atomic mass is 16.6. The zero-order valence-corrected chi connectivity index (χ0v) is 16.2. The molecule has 29 heavy (non-hydrogen) atoms. The summed E-state index contributed by atoms with van der Waals surface area (Å²) in [6.45, 7) is 0.985. The maximum atomic E-state index is 12.6. The van der Waals surface area contributed by atoms with Gasteiger partial charge >= 0.3 is 0 Å². The van der Waals surface area contributed by atoms with E-state index < -0.39 is 0 Å². The van der Waals surface area contributed by atoms with Crippen molar-refractivity contribution in [2.24, 2.45) is 11.8 Å². The summed E-state index contributed by atoms with van der Waals surface area (Å²) in [5.41, 5.74) is 1.12. The van der Waals surface area contributed by atoms with Crippen LogP contribution in [0, 0.1) is 11.8 Å². The predicted molar refractivity (Wildman–Crippen MR) is 106 cm³/mol. The third kappa shape index (κ3) is 4.06. The Bertz CT molecular complexity index is 945. The van der Waals surface area contributed by atoms with Gasteiger partial charge in [0.1, 0.15) is 24.7 Å². The number of hydrogen-bond acceptors (Lipinski definition) is 6. The Morgan fingerprint density at radius 3 is 2.34 bits per heavy atom. The van der Waals surface area contributed by atoms with E-state index in [4.69, 9.17) is 18.9 Å². The molecule has 1 aliphatic carbocycles. The van der Waals surface area contributed by atoms with Crippen molar-refractivity contribution in [3.05, 3.63) is 36.4 Å². The Labute approximate surface area is 168 Å². The number of methoxy groups -OCH3 is 2. The number of rotatable bonds is 6. The SMILES string of the molecule is COc1ccc(OC)c(NC(=O)C2CC2C(=O)Nc2ccc3c(c2)OCCO3)c1. The van der Waals surface area contributed by atoms with Crippen LogP contribution in [0.1, 0.15) is 6.42 Å². The van der Waals surface area contributed by atoms with Gasteiger partial charge in [-0.2, -0.15) is 0 Å². The molecular weight excluding hydrogens is 376 g/mol. The zero-order valence-electron chi connectivity index (χ0n) is 16.2. The van der Waals surface area contributed by atoms with E-state index in [1.807, 2.05) is 0 Å². The van der Waals surface area contributed by atoms with Gasteiger partial charge in [0.2, 0.25) is 11.8 Å². The first-order chi connectivity index (χ1) is 14.1. The Morgan fingerprint density at radius 1 is 0.897 bits per heavy atom. The number of nitrogens with one attached hydrogen (secondary N) is 2. The molecule has 2 aromatic rings. The highest BCUT2D eigenvalue weighted by Crippen LogP contribution is 2.41. The number of ether oxygens (including phenoxy) is 4. The predicted octanol–water partition coefficient (Wildman–Crippen LogP) is 2.69. The molecule has 2 N–H and O–H groups in total. The maximum Gasteiger partial charge on any atom is 0.228 e. The lowest BCUT2D eigenvalue weighted by atomic mass is 10.2. The van der Waals surface area contributed by atoms with Gasteiger partial charge in [0, 0.05) is 17.8 Å². The van der Waals surface area contributed by atoms with Crippen molar-refractivity contribution in [2.75, 3.05) is 38.1 Å². The van der Waals surface area contributed by atoms with E-state index >= 15 is 0 Å². The summed E-state index contributed by atoms with van der Waals surface area (Å²) in [6, 6.07) is 10.4. The number of carbonyl (C=O) groups excluding carboxylic acids is 2. The van der Waals surface area contributed by atoms with Crippen molar-refractivity contribution in [1.82, 2.24) is 0 Å². The van der Waals surface area contributed by atoms with E-state index in [1.165, 1.54) is 7.11 Å². The normalized spacial score (nSPS) is 19.1. The Hall–Kier alpha value is -3.42.